The molecule has 20 heavy (non-hydrogen) atoms. The zero-order valence-corrected chi connectivity index (χ0v) is 12.1. The predicted molar refractivity (Wildman–Crippen MR) is 79.7 cm³/mol. The molecular formula is C16H17ClO3. The van der Waals surface area contributed by atoms with Gasteiger partial charge in [-0.15, -0.1) is 0 Å². The molecule has 4 heteroatoms. The molecule has 0 saturated carbocycles. The van der Waals surface area contributed by atoms with Crippen molar-refractivity contribution in [1.82, 2.24) is 0 Å². The average Bonchev–Trinajstić information content (AvgIpc) is 2.49. The van der Waals surface area contributed by atoms with Crippen LogP contribution in [0.5, 0.6) is 17.2 Å². The maximum atomic E-state index is 5.74. The minimum absolute atomic E-state index is 0.0876. The molecule has 0 radical (unpaired) electrons. The number of rotatable bonds is 7. The van der Waals surface area contributed by atoms with E-state index >= 15 is 0 Å². The van der Waals surface area contributed by atoms with Crippen LogP contribution < -0.4 is 14.2 Å². The molecule has 0 aliphatic rings. The topological polar surface area (TPSA) is 27.7 Å². The molecule has 0 unspecified atom stereocenters. The van der Waals surface area contributed by atoms with E-state index in [0.29, 0.717) is 24.7 Å². The second-order valence-corrected chi connectivity index (χ2v) is 4.29. The van der Waals surface area contributed by atoms with Crippen LogP contribution in [0.2, 0.25) is 0 Å². The Morgan fingerprint density at radius 2 is 1.70 bits per heavy atom. The molecule has 0 aromatic heterocycles. The Bertz CT molecular complexity index is 529. The van der Waals surface area contributed by atoms with Crippen molar-refractivity contribution in [2.24, 2.45) is 0 Å². The van der Waals surface area contributed by atoms with E-state index in [1.54, 1.807) is 6.07 Å². The monoisotopic (exact) mass is 292 g/mol. The van der Waals surface area contributed by atoms with Gasteiger partial charge >= 0.3 is 0 Å². The predicted octanol–water partition coefficient (Wildman–Crippen LogP) is 4.24. The molecule has 2 rings (SSSR count). The summed E-state index contributed by atoms with van der Waals surface area (Å²) < 4.78 is 16.6. The third-order valence-corrected chi connectivity index (χ3v) is 2.78. The minimum atomic E-state index is 0.0876. The van der Waals surface area contributed by atoms with Crippen LogP contribution in [0.4, 0.5) is 0 Å². The maximum absolute atomic E-state index is 5.74. The Hall–Kier alpha value is -1.87. The van der Waals surface area contributed by atoms with Gasteiger partial charge in [0.25, 0.3) is 0 Å². The molecule has 2 aromatic rings. The van der Waals surface area contributed by atoms with Gasteiger partial charge in [0, 0.05) is 6.07 Å². The Labute approximate surface area is 124 Å². The zero-order valence-electron chi connectivity index (χ0n) is 11.3. The number of benzene rings is 2. The molecule has 0 saturated heterocycles. The van der Waals surface area contributed by atoms with Crippen molar-refractivity contribution >= 4 is 11.6 Å². The number of alkyl halides is 1. The zero-order chi connectivity index (χ0) is 14.2. The van der Waals surface area contributed by atoms with Crippen LogP contribution in [0.25, 0.3) is 0 Å². The van der Waals surface area contributed by atoms with Gasteiger partial charge in [-0.05, 0) is 24.6 Å². The van der Waals surface area contributed by atoms with Gasteiger partial charge < -0.3 is 14.2 Å². The highest BCUT2D eigenvalue weighted by molar-refractivity contribution is 6.17. The minimum Gasteiger partial charge on any atom is -0.490 e. The lowest BCUT2D eigenvalue weighted by atomic mass is 10.2. The highest BCUT2D eigenvalue weighted by Crippen LogP contribution is 2.32. The fourth-order valence-corrected chi connectivity index (χ4v) is 1.88. The molecule has 0 bridgehead atoms. The van der Waals surface area contributed by atoms with E-state index in [9.17, 15) is 0 Å². The number of hydrogen-bond donors (Lipinski definition) is 0. The molecule has 0 N–H and O–H groups in total. The van der Waals surface area contributed by atoms with E-state index in [1.807, 2.05) is 49.4 Å². The Morgan fingerprint density at radius 1 is 0.900 bits per heavy atom. The van der Waals surface area contributed by atoms with Crippen molar-refractivity contribution in [3.8, 4) is 17.2 Å². The van der Waals surface area contributed by atoms with Crippen molar-refractivity contribution < 1.29 is 14.2 Å². The van der Waals surface area contributed by atoms with Crippen molar-refractivity contribution in [3.63, 3.8) is 0 Å². The van der Waals surface area contributed by atoms with Gasteiger partial charge in [-0.2, -0.15) is 0 Å². The maximum Gasteiger partial charge on any atom is 0.164 e. The summed E-state index contributed by atoms with van der Waals surface area (Å²) in [4.78, 5) is 0. The van der Waals surface area contributed by atoms with E-state index in [-0.39, 0.29) is 6.07 Å². The van der Waals surface area contributed by atoms with E-state index in [4.69, 9.17) is 25.8 Å². The molecular weight excluding hydrogens is 276 g/mol. The second-order valence-electron chi connectivity index (χ2n) is 4.07. The molecule has 106 valence electrons. The summed E-state index contributed by atoms with van der Waals surface area (Å²) in [6.45, 7) is 2.99. The summed E-state index contributed by atoms with van der Waals surface area (Å²) in [5, 5.41) is 0. The fourth-order valence-electron chi connectivity index (χ4n) is 1.77. The standard InChI is InChI=1S/C16H17ClO3/c1-2-18-16-10-14(8-9-15(16)20-12-17)19-11-13-6-4-3-5-7-13/h3-10H,2,11-12H2,1H3. The Kier molecular flexibility index (Phi) is 5.56. The van der Waals surface area contributed by atoms with Crippen LogP contribution in [-0.4, -0.2) is 12.7 Å². The van der Waals surface area contributed by atoms with Crippen molar-refractivity contribution in [1.29, 1.82) is 0 Å². The molecule has 0 spiro atoms. The van der Waals surface area contributed by atoms with E-state index in [1.165, 1.54) is 0 Å². The second kappa shape index (κ2) is 7.65. The van der Waals surface area contributed by atoms with Crippen LogP contribution in [0.3, 0.4) is 0 Å². The largest absolute Gasteiger partial charge is 0.490 e. The van der Waals surface area contributed by atoms with Gasteiger partial charge in [-0.1, -0.05) is 41.9 Å². The summed E-state index contributed by atoms with van der Waals surface area (Å²) in [6, 6.07) is 15.5. The summed E-state index contributed by atoms with van der Waals surface area (Å²) in [5.74, 6) is 1.99. The van der Waals surface area contributed by atoms with Gasteiger partial charge in [-0.3, -0.25) is 0 Å². The lowest BCUT2D eigenvalue weighted by Gasteiger charge is -2.12. The molecule has 0 aliphatic heterocycles. The van der Waals surface area contributed by atoms with Crippen molar-refractivity contribution in [3.05, 3.63) is 54.1 Å². The molecule has 3 nitrogen and oxygen atoms in total. The summed E-state index contributed by atoms with van der Waals surface area (Å²) in [5.41, 5.74) is 1.12. The summed E-state index contributed by atoms with van der Waals surface area (Å²) in [6.07, 6.45) is 0. The first-order chi connectivity index (χ1) is 9.83. The number of hydrogen-bond acceptors (Lipinski definition) is 3. The van der Waals surface area contributed by atoms with Crippen LogP contribution in [0, 0.1) is 0 Å². The van der Waals surface area contributed by atoms with Gasteiger partial charge in [-0.25, -0.2) is 0 Å². The lowest BCUT2D eigenvalue weighted by Crippen LogP contribution is -1.99. The van der Waals surface area contributed by atoms with Crippen LogP contribution >= 0.6 is 11.6 Å². The Morgan fingerprint density at radius 3 is 2.40 bits per heavy atom. The smallest absolute Gasteiger partial charge is 0.164 e. The van der Waals surface area contributed by atoms with Gasteiger partial charge in [0.05, 0.1) is 6.61 Å². The van der Waals surface area contributed by atoms with E-state index in [0.717, 1.165) is 11.3 Å². The average molecular weight is 293 g/mol. The third kappa shape index (κ3) is 4.07. The first-order valence-corrected chi connectivity index (χ1v) is 6.99. The fraction of sp³-hybridized carbons (Fsp3) is 0.250. The van der Waals surface area contributed by atoms with Gasteiger partial charge in [0.2, 0.25) is 0 Å². The molecule has 0 atom stereocenters. The molecule has 0 heterocycles. The molecule has 0 fully saturated rings. The van der Waals surface area contributed by atoms with Crippen molar-refractivity contribution in [2.75, 3.05) is 12.7 Å². The molecule has 0 aliphatic carbocycles. The van der Waals surface area contributed by atoms with Crippen LogP contribution in [0.1, 0.15) is 12.5 Å². The van der Waals surface area contributed by atoms with E-state index < -0.39 is 0 Å². The lowest BCUT2D eigenvalue weighted by molar-refractivity contribution is 0.287. The summed E-state index contributed by atoms with van der Waals surface area (Å²) >= 11 is 5.58. The quantitative estimate of drug-likeness (QED) is 0.714. The van der Waals surface area contributed by atoms with Gasteiger partial charge in [0.15, 0.2) is 17.6 Å². The van der Waals surface area contributed by atoms with Gasteiger partial charge in [0.1, 0.15) is 12.4 Å². The highest BCUT2D eigenvalue weighted by Gasteiger charge is 2.07. The molecule has 0 amide bonds. The highest BCUT2D eigenvalue weighted by atomic mass is 35.5. The molecule has 2 aromatic carbocycles. The first kappa shape index (κ1) is 14.5. The first-order valence-electron chi connectivity index (χ1n) is 6.46. The Balaban J connectivity index is 2.06. The normalized spacial score (nSPS) is 10.1. The van der Waals surface area contributed by atoms with Crippen LogP contribution in [-0.2, 0) is 6.61 Å². The SMILES string of the molecule is CCOc1cc(OCc2ccccc2)ccc1OCCl. The van der Waals surface area contributed by atoms with E-state index in [2.05, 4.69) is 0 Å². The van der Waals surface area contributed by atoms with Crippen molar-refractivity contribution in [2.45, 2.75) is 13.5 Å². The number of halogens is 1. The third-order valence-electron chi connectivity index (χ3n) is 2.67. The summed E-state index contributed by atoms with van der Waals surface area (Å²) in [7, 11) is 0. The number of ether oxygens (including phenoxy) is 3. The van der Waals surface area contributed by atoms with Crippen LogP contribution in [0.15, 0.2) is 48.5 Å².